The van der Waals surface area contributed by atoms with Gasteiger partial charge in [0.2, 0.25) is 5.91 Å². The van der Waals surface area contributed by atoms with Gasteiger partial charge in [-0.25, -0.2) is 9.97 Å². The van der Waals surface area contributed by atoms with Gasteiger partial charge < -0.3 is 10.6 Å². The van der Waals surface area contributed by atoms with Gasteiger partial charge in [-0.05, 0) is 25.3 Å². The molecule has 1 aliphatic rings. The molecule has 1 unspecified atom stereocenters. The van der Waals surface area contributed by atoms with E-state index in [1.165, 1.54) is 18.7 Å². The molecule has 1 heterocycles. The van der Waals surface area contributed by atoms with Crippen molar-refractivity contribution in [3.8, 4) is 0 Å². The lowest BCUT2D eigenvalue weighted by Crippen LogP contribution is -2.49. The van der Waals surface area contributed by atoms with Crippen molar-refractivity contribution in [2.45, 2.75) is 31.3 Å². The van der Waals surface area contributed by atoms with Gasteiger partial charge in [-0.2, -0.15) is 0 Å². The number of hydrogen-bond acceptors (Lipinski definition) is 4. The Morgan fingerprint density at radius 2 is 1.78 bits per heavy atom. The Bertz CT molecular complexity index is 699. The van der Waals surface area contributed by atoms with Crippen molar-refractivity contribution in [1.82, 2.24) is 20.6 Å². The van der Waals surface area contributed by atoms with Crippen LogP contribution < -0.4 is 10.6 Å². The minimum absolute atomic E-state index is 0.113. The van der Waals surface area contributed by atoms with E-state index in [0.29, 0.717) is 18.4 Å². The molecule has 0 radical (unpaired) electrons. The fourth-order valence-corrected chi connectivity index (χ4v) is 2.40. The first-order valence-corrected chi connectivity index (χ1v) is 7.54. The summed E-state index contributed by atoms with van der Waals surface area (Å²) >= 11 is 0. The zero-order valence-corrected chi connectivity index (χ0v) is 12.8. The summed E-state index contributed by atoms with van der Waals surface area (Å²) in [4.78, 5) is 32.3. The second-order valence-electron chi connectivity index (χ2n) is 5.77. The SMILES string of the molecule is CC(NC(=O)C1(NC(=O)c2cncnc2)CC1)c1ccccc1. The molecule has 1 aliphatic carbocycles. The fourth-order valence-electron chi connectivity index (χ4n) is 2.40. The Labute approximate surface area is 134 Å². The number of carbonyl (C=O) groups excluding carboxylic acids is 2. The Kier molecular flexibility index (Phi) is 4.06. The Morgan fingerprint density at radius 1 is 1.13 bits per heavy atom. The summed E-state index contributed by atoms with van der Waals surface area (Å²) in [5, 5.41) is 5.78. The lowest BCUT2D eigenvalue weighted by molar-refractivity contribution is -0.124. The average Bonchev–Trinajstić information content (AvgIpc) is 3.37. The van der Waals surface area contributed by atoms with Crippen LogP contribution in [0.25, 0.3) is 0 Å². The zero-order valence-electron chi connectivity index (χ0n) is 12.8. The maximum Gasteiger partial charge on any atom is 0.255 e. The molecule has 2 amide bonds. The molecule has 1 aromatic carbocycles. The van der Waals surface area contributed by atoms with E-state index in [-0.39, 0.29) is 17.9 Å². The van der Waals surface area contributed by atoms with E-state index in [1.807, 2.05) is 37.3 Å². The largest absolute Gasteiger partial charge is 0.348 e. The molecule has 1 atom stereocenters. The molecule has 1 fully saturated rings. The molecular weight excluding hydrogens is 292 g/mol. The molecule has 2 N–H and O–H groups in total. The van der Waals surface area contributed by atoms with Crippen LogP contribution in [0.1, 0.15) is 41.7 Å². The first kappa shape index (κ1) is 15.1. The monoisotopic (exact) mass is 310 g/mol. The molecule has 0 aliphatic heterocycles. The maximum absolute atomic E-state index is 12.5. The third-order valence-corrected chi connectivity index (χ3v) is 4.01. The quantitative estimate of drug-likeness (QED) is 0.879. The van der Waals surface area contributed by atoms with E-state index < -0.39 is 5.54 Å². The van der Waals surface area contributed by atoms with Crippen molar-refractivity contribution in [2.75, 3.05) is 0 Å². The molecule has 6 nitrogen and oxygen atoms in total. The molecular formula is C17H18N4O2. The van der Waals surface area contributed by atoms with E-state index >= 15 is 0 Å². The van der Waals surface area contributed by atoms with Crippen molar-refractivity contribution in [1.29, 1.82) is 0 Å². The van der Waals surface area contributed by atoms with Crippen molar-refractivity contribution >= 4 is 11.8 Å². The van der Waals surface area contributed by atoms with Crippen molar-refractivity contribution < 1.29 is 9.59 Å². The molecule has 0 saturated heterocycles. The Hall–Kier alpha value is -2.76. The third kappa shape index (κ3) is 3.36. The number of hydrogen-bond donors (Lipinski definition) is 2. The van der Waals surface area contributed by atoms with Gasteiger partial charge in [-0.3, -0.25) is 9.59 Å². The van der Waals surface area contributed by atoms with E-state index in [1.54, 1.807) is 0 Å². The number of aromatic nitrogens is 2. The highest BCUT2D eigenvalue weighted by molar-refractivity contribution is 6.00. The van der Waals surface area contributed by atoms with Gasteiger partial charge in [0.25, 0.3) is 5.91 Å². The topological polar surface area (TPSA) is 84.0 Å². The minimum Gasteiger partial charge on any atom is -0.348 e. The van der Waals surface area contributed by atoms with Crippen LogP contribution in [0, 0.1) is 0 Å². The molecule has 2 aromatic rings. The molecule has 0 bridgehead atoms. The zero-order chi connectivity index (χ0) is 16.3. The highest BCUT2D eigenvalue weighted by atomic mass is 16.2. The number of benzene rings is 1. The van der Waals surface area contributed by atoms with Crippen LogP contribution in [0.15, 0.2) is 49.1 Å². The summed E-state index contributed by atoms with van der Waals surface area (Å²) in [6.07, 6.45) is 5.50. The van der Waals surface area contributed by atoms with Crippen molar-refractivity contribution in [3.05, 3.63) is 60.2 Å². The number of carbonyl (C=O) groups is 2. The Balaban J connectivity index is 1.64. The molecule has 6 heteroatoms. The second-order valence-corrected chi connectivity index (χ2v) is 5.77. The highest BCUT2D eigenvalue weighted by Gasteiger charge is 2.51. The lowest BCUT2D eigenvalue weighted by atomic mass is 10.1. The van der Waals surface area contributed by atoms with Crippen LogP contribution in [0.2, 0.25) is 0 Å². The van der Waals surface area contributed by atoms with Gasteiger partial charge in [0.15, 0.2) is 0 Å². The molecule has 23 heavy (non-hydrogen) atoms. The van der Waals surface area contributed by atoms with Crippen LogP contribution in [-0.2, 0) is 4.79 Å². The van der Waals surface area contributed by atoms with Crippen LogP contribution in [0.5, 0.6) is 0 Å². The first-order chi connectivity index (χ1) is 11.1. The van der Waals surface area contributed by atoms with E-state index in [2.05, 4.69) is 20.6 Å². The van der Waals surface area contributed by atoms with Gasteiger partial charge in [-0.15, -0.1) is 0 Å². The van der Waals surface area contributed by atoms with Crippen LogP contribution >= 0.6 is 0 Å². The summed E-state index contributed by atoms with van der Waals surface area (Å²) in [5.74, 6) is -0.482. The van der Waals surface area contributed by atoms with Gasteiger partial charge in [0, 0.05) is 12.4 Å². The van der Waals surface area contributed by atoms with E-state index in [9.17, 15) is 9.59 Å². The molecule has 3 rings (SSSR count). The van der Waals surface area contributed by atoms with E-state index in [4.69, 9.17) is 0 Å². The summed E-state index contributed by atoms with van der Waals surface area (Å²) in [6, 6.07) is 9.61. The van der Waals surface area contributed by atoms with Gasteiger partial charge >= 0.3 is 0 Å². The summed E-state index contributed by atoms with van der Waals surface area (Å²) < 4.78 is 0. The van der Waals surface area contributed by atoms with Crippen molar-refractivity contribution in [2.24, 2.45) is 0 Å². The first-order valence-electron chi connectivity index (χ1n) is 7.54. The van der Waals surface area contributed by atoms with Crippen LogP contribution in [-0.4, -0.2) is 27.3 Å². The van der Waals surface area contributed by atoms with Crippen LogP contribution in [0.3, 0.4) is 0 Å². The smallest absolute Gasteiger partial charge is 0.255 e. The predicted octanol–water partition coefficient (Wildman–Crippen LogP) is 1.62. The summed E-state index contributed by atoms with van der Waals surface area (Å²) in [5.41, 5.74) is 0.567. The normalized spacial score (nSPS) is 16.2. The summed E-state index contributed by atoms with van der Waals surface area (Å²) in [7, 11) is 0. The summed E-state index contributed by atoms with van der Waals surface area (Å²) in [6.45, 7) is 1.93. The van der Waals surface area contributed by atoms with E-state index in [0.717, 1.165) is 5.56 Å². The van der Waals surface area contributed by atoms with Gasteiger partial charge in [0.1, 0.15) is 11.9 Å². The third-order valence-electron chi connectivity index (χ3n) is 4.01. The number of nitrogens with one attached hydrogen (secondary N) is 2. The number of nitrogens with zero attached hydrogens (tertiary/aromatic N) is 2. The molecule has 1 aromatic heterocycles. The van der Waals surface area contributed by atoms with Gasteiger partial charge in [0.05, 0.1) is 11.6 Å². The average molecular weight is 310 g/mol. The highest BCUT2D eigenvalue weighted by Crippen LogP contribution is 2.36. The molecule has 118 valence electrons. The number of rotatable bonds is 5. The number of amides is 2. The van der Waals surface area contributed by atoms with Gasteiger partial charge in [-0.1, -0.05) is 30.3 Å². The predicted molar refractivity (Wildman–Crippen MR) is 84.5 cm³/mol. The molecule has 1 saturated carbocycles. The fraction of sp³-hybridized carbons (Fsp3) is 0.294. The van der Waals surface area contributed by atoms with Crippen LogP contribution in [0.4, 0.5) is 0 Å². The maximum atomic E-state index is 12.5. The minimum atomic E-state index is -0.810. The molecule has 0 spiro atoms. The standard InChI is InChI=1S/C17H18N4O2/c1-12(13-5-3-2-4-6-13)20-16(23)17(7-8-17)21-15(22)14-9-18-11-19-10-14/h2-6,9-12H,7-8H2,1H3,(H,20,23)(H,21,22). The van der Waals surface area contributed by atoms with Crippen molar-refractivity contribution in [3.63, 3.8) is 0 Å². The lowest BCUT2D eigenvalue weighted by Gasteiger charge is -2.21. The second kappa shape index (κ2) is 6.16. The Morgan fingerprint density at radius 3 is 2.39 bits per heavy atom.